The van der Waals surface area contributed by atoms with Crippen LogP contribution in [0.1, 0.15) is 59.4 Å². The summed E-state index contributed by atoms with van der Waals surface area (Å²) in [5, 5.41) is 14.0. The van der Waals surface area contributed by atoms with E-state index in [9.17, 15) is 24.4 Å². The van der Waals surface area contributed by atoms with E-state index in [1.807, 2.05) is 13.8 Å². The fourth-order valence-corrected chi connectivity index (χ4v) is 4.30. The van der Waals surface area contributed by atoms with Crippen LogP contribution in [0.15, 0.2) is 24.3 Å². The topological polar surface area (TPSA) is 138 Å². The molecule has 0 spiro atoms. The normalized spacial score (nSPS) is 17.9. The van der Waals surface area contributed by atoms with Gasteiger partial charge in [-0.25, -0.2) is 10.3 Å². The lowest BCUT2D eigenvalue weighted by atomic mass is 9.82. The van der Waals surface area contributed by atoms with Gasteiger partial charge in [-0.3, -0.25) is 19.6 Å². The molecule has 212 valence electrons. The van der Waals surface area contributed by atoms with Crippen LogP contribution in [0.3, 0.4) is 0 Å². The number of rotatable bonds is 9. The molecule has 38 heavy (non-hydrogen) atoms. The van der Waals surface area contributed by atoms with Gasteiger partial charge in [0.2, 0.25) is 17.7 Å². The number of carbonyl (C=O) groups excluding carboxylic acids is 4. The Labute approximate surface area is 228 Å². The first-order valence-electron chi connectivity index (χ1n) is 12.7. The van der Waals surface area contributed by atoms with Crippen molar-refractivity contribution < 1.29 is 34.0 Å². The number of ether oxygens (including phenoxy) is 1. The fourth-order valence-electron chi connectivity index (χ4n) is 4.18. The minimum absolute atomic E-state index is 0.0443. The predicted molar refractivity (Wildman–Crippen MR) is 140 cm³/mol. The van der Waals surface area contributed by atoms with E-state index < -0.39 is 47.4 Å². The second kappa shape index (κ2) is 13.8. The first kappa shape index (κ1) is 31.3. The number of piperazine rings is 1. The quantitative estimate of drug-likeness (QED) is 0.240. The summed E-state index contributed by atoms with van der Waals surface area (Å²) in [5.74, 6) is -3.34. The summed E-state index contributed by atoms with van der Waals surface area (Å²) < 4.78 is 5.22. The largest absolute Gasteiger partial charge is 0.528 e. The summed E-state index contributed by atoms with van der Waals surface area (Å²) in [6.45, 7) is 11.2. The molecule has 1 fully saturated rings. The number of carbonyl (C=O) groups is 4. The van der Waals surface area contributed by atoms with Crippen molar-refractivity contribution in [2.45, 2.75) is 65.5 Å². The van der Waals surface area contributed by atoms with Gasteiger partial charge in [-0.05, 0) is 50.8 Å². The first-order chi connectivity index (χ1) is 17.8. The van der Waals surface area contributed by atoms with E-state index in [4.69, 9.17) is 21.2 Å². The van der Waals surface area contributed by atoms with Crippen molar-refractivity contribution in [2.24, 2.45) is 11.8 Å². The highest BCUT2D eigenvalue weighted by Gasteiger charge is 2.43. The van der Waals surface area contributed by atoms with Crippen LogP contribution in [-0.4, -0.2) is 76.9 Å². The van der Waals surface area contributed by atoms with Crippen molar-refractivity contribution in [3.05, 3.63) is 34.9 Å². The molecule has 0 saturated carbocycles. The lowest BCUT2D eigenvalue weighted by molar-refractivity contribution is -0.179. The third-order valence-electron chi connectivity index (χ3n) is 5.99. The number of hydrogen-bond donors (Lipinski definition) is 3. The molecule has 0 aliphatic carbocycles. The Bertz CT molecular complexity index is 981. The predicted octanol–water partition coefficient (Wildman–Crippen LogP) is 3.11. The van der Waals surface area contributed by atoms with Crippen LogP contribution in [0.25, 0.3) is 0 Å². The van der Waals surface area contributed by atoms with Gasteiger partial charge in [0.15, 0.2) is 0 Å². The summed E-state index contributed by atoms with van der Waals surface area (Å²) in [6, 6.07) is 5.50. The van der Waals surface area contributed by atoms with Gasteiger partial charge in [0.25, 0.3) is 0 Å². The van der Waals surface area contributed by atoms with Crippen LogP contribution in [0, 0.1) is 11.8 Å². The Morgan fingerprint density at radius 3 is 2.29 bits per heavy atom. The Balaban J connectivity index is 2.40. The average Bonchev–Trinajstić information content (AvgIpc) is 2.84. The third kappa shape index (κ3) is 8.85. The van der Waals surface area contributed by atoms with E-state index in [2.05, 4.69) is 5.32 Å². The zero-order valence-corrected chi connectivity index (χ0v) is 23.6. The molecule has 1 heterocycles. The number of hydroxylamine groups is 3. The van der Waals surface area contributed by atoms with Gasteiger partial charge in [0, 0.05) is 18.1 Å². The minimum atomic E-state index is -1.01. The molecule has 0 radical (unpaired) electrons. The van der Waals surface area contributed by atoms with E-state index in [0.717, 1.165) is 0 Å². The number of nitrogens with zero attached hydrogens (tertiary/aromatic N) is 2. The molecular formula is C26H39ClN4O7. The van der Waals surface area contributed by atoms with Crippen LogP contribution in [0.5, 0.6) is 0 Å². The third-order valence-corrected chi connectivity index (χ3v) is 6.24. The number of halogens is 1. The summed E-state index contributed by atoms with van der Waals surface area (Å²) in [7, 11) is 0. The highest BCUT2D eigenvalue weighted by atomic mass is 35.5. The van der Waals surface area contributed by atoms with Gasteiger partial charge in [-0.1, -0.05) is 44.5 Å². The highest BCUT2D eigenvalue weighted by Crippen LogP contribution is 2.32. The minimum Gasteiger partial charge on any atom is -0.427 e. The fraction of sp³-hybridized carbons (Fsp3) is 0.615. The van der Waals surface area contributed by atoms with Crippen LogP contribution >= 0.6 is 11.6 Å². The molecule has 0 bridgehead atoms. The number of nitrogens with one attached hydrogen (secondary N) is 2. The van der Waals surface area contributed by atoms with Gasteiger partial charge in [-0.2, -0.15) is 0 Å². The molecule has 1 saturated heterocycles. The zero-order chi connectivity index (χ0) is 28.6. The molecule has 11 nitrogen and oxygen atoms in total. The van der Waals surface area contributed by atoms with E-state index in [-0.39, 0.29) is 32.0 Å². The molecule has 3 atom stereocenters. The second-order valence-corrected chi connectivity index (χ2v) is 11.1. The van der Waals surface area contributed by atoms with Gasteiger partial charge in [0.1, 0.15) is 11.6 Å². The van der Waals surface area contributed by atoms with Crippen molar-refractivity contribution in [1.82, 2.24) is 20.8 Å². The highest BCUT2D eigenvalue weighted by molar-refractivity contribution is 6.30. The van der Waals surface area contributed by atoms with Crippen LogP contribution in [-0.2, 0) is 24.0 Å². The SMILES string of the molecule is CC[C@H](C(=O)NO)[C@H](C(=O)N1CCN(OC(=O)OC(C)(C)C)C[C@H]1C(=O)NCC(C)C)c1ccc(Cl)cc1. The molecule has 1 aliphatic heterocycles. The van der Waals surface area contributed by atoms with E-state index >= 15 is 0 Å². The summed E-state index contributed by atoms with van der Waals surface area (Å²) in [6.07, 6.45) is -0.666. The van der Waals surface area contributed by atoms with Gasteiger partial charge >= 0.3 is 6.16 Å². The molecule has 2 rings (SSSR count). The second-order valence-electron chi connectivity index (χ2n) is 10.7. The van der Waals surface area contributed by atoms with Crippen LogP contribution in [0.4, 0.5) is 4.79 Å². The zero-order valence-electron chi connectivity index (χ0n) is 22.8. The van der Waals surface area contributed by atoms with E-state index in [0.29, 0.717) is 17.1 Å². The maximum atomic E-state index is 14.1. The van der Waals surface area contributed by atoms with Crippen LogP contribution in [0.2, 0.25) is 5.02 Å². The van der Waals surface area contributed by atoms with E-state index in [1.54, 1.807) is 57.4 Å². The number of amides is 3. The Hall–Kier alpha value is -2.89. The lowest BCUT2D eigenvalue weighted by Gasteiger charge is -2.41. The molecular weight excluding hydrogens is 516 g/mol. The molecule has 3 N–H and O–H groups in total. The van der Waals surface area contributed by atoms with Crippen molar-refractivity contribution in [1.29, 1.82) is 0 Å². The molecule has 1 aliphatic rings. The maximum absolute atomic E-state index is 14.1. The molecule has 1 aromatic carbocycles. The van der Waals surface area contributed by atoms with E-state index in [1.165, 1.54) is 9.96 Å². The van der Waals surface area contributed by atoms with Gasteiger partial charge in [0.05, 0.1) is 24.9 Å². The Morgan fingerprint density at radius 1 is 1.13 bits per heavy atom. The molecule has 12 heteroatoms. The smallest absolute Gasteiger partial charge is 0.427 e. The lowest BCUT2D eigenvalue weighted by Crippen LogP contribution is -2.62. The summed E-state index contributed by atoms with van der Waals surface area (Å²) >= 11 is 6.05. The van der Waals surface area contributed by atoms with Gasteiger partial charge < -0.3 is 19.8 Å². The monoisotopic (exact) mass is 554 g/mol. The summed E-state index contributed by atoms with van der Waals surface area (Å²) in [5.41, 5.74) is 1.41. The Morgan fingerprint density at radius 2 is 1.76 bits per heavy atom. The van der Waals surface area contributed by atoms with Crippen molar-refractivity contribution >= 4 is 35.5 Å². The molecule has 1 aromatic rings. The maximum Gasteiger partial charge on any atom is 0.528 e. The molecule has 3 amide bonds. The summed E-state index contributed by atoms with van der Waals surface area (Å²) in [4.78, 5) is 58.9. The Kier molecular flexibility index (Phi) is 11.4. The van der Waals surface area contributed by atoms with Crippen molar-refractivity contribution in [3.8, 4) is 0 Å². The average molecular weight is 555 g/mol. The molecule has 0 unspecified atom stereocenters. The first-order valence-corrected chi connectivity index (χ1v) is 13.1. The van der Waals surface area contributed by atoms with Crippen molar-refractivity contribution in [3.63, 3.8) is 0 Å². The standard InChI is InChI=1S/C26H39ClN4O7/c1-7-19(22(32)29-36)21(17-8-10-18(27)11-9-17)24(34)31-13-12-30(38-25(35)37-26(4,5)6)15-20(31)23(33)28-14-16(2)3/h8-11,16,19-21,36H,7,12-15H2,1-6H3,(H,28,33)(H,29,32)/t19-,20-,21+/m0/s1. The van der Waals surface area contributed by atoms with Gasteiger partial charge in [-0.15, -0.1) is 5.06 Å². The number of benzene rings is 1. The van der Waals surface area contributed by atoms with Crippen molar-refractivity contribution in [2.75, 3.05) is 26.2 Å². The van der Waals surface area contributed by atoms with Crippen LogP contribution < -0.4 is 10.8 Å². The number of hydrogen-bond acceptors (Lipinski definition) is 8. The molecule has 0 aromatic heterocycles.